The molecule has 1 unspecified atom stereocenters. The van der Waals surface area contributed by atoms with E-state index in [0.29, 0.717) is 11.9 Å². The van der Waals surface area contributed by atoms with Crippen LogP contribution in [0, 0.1) is 5.41 Å². The second-order valence-electron chi connectivity index (χ2n) is 3.31. The molecule has 1 atom stereocenters. The molecule has 0 aromatic heterocycles. The first kappa shape index (κ1) is 8.37. The lowest BCUT2D eigenvalue weighted by molar-refractivity contribution is 0.0607. The van der Waals surface area contributed by atoms with Crippen molar-refractivity contribution >= 4 is 12.6 Å². The van der Waals surface area contributed by atoms with Crippen LogP contribution >= 0.6 is 12.6 Å². The molecule has 1 rings (SSSR count). The molecular weight excluding hydrogens is 146 g/mol. The largest absolute Gasteiger partial charge is 0.396 e. The monoisotopic (exact) mass is 161 g/mol. The molecule has 2 N–H and O–H groups in total. The molecular formula is C7H15NOS. The summed E-state index contributed by atoms with van der Waals surface area (Å²) in [5.74, 6) is 0. The Morgan fingerprint density at radius 1 is 1.70 bits per heavy atom. The van der Waals surface area contributed by atoms with Gasteiger partial charge in [-0.1, -0.05) is 6.92 Å². The van der Waals surface area contributed by atoms with Crippen LogP contribution in [0.5, 0.6) is 0 Å². The van der Waals surface area contributed by atoms with E-state index in [9.17, 15) is 0 Å². The smallest absolute Gasteiger partial charge is 0.0512 e. The van der Waals surface area contributed by atoms with Gasteiger partial charge in [0.05, 0.1) is 6.61 Å². The topological polar surface area (TPSA) is 32.3 Å². The van der Waals surface area contributed by atoms with Crippen LogP contribution in [0.2, 0.25) is 0 Å². The highest BCUT2D eigenvalue weighted by Gasteiger charge is 2.36. The van der Waals surface area contributed by atoms with Crippen LogP contribution in [0.3, 0.4) is 0 Å². The van der Waals surface area contributed by atoms with Gasteiger partial charge in [0.2, 0.25) is 0 Å². The summed E-state index contributed by atoms with van der Waals surface area (Å²) < 4.78 is 0. The van der Waals surface area contributed by atoms with Crippen LogP contribution in [0.4, 0.5) is 0 Å². The Balaban J connectivity index is 2.33. The summed E-state index contributed by atoms with van der Waals surface area (Å²) in [5, 5.41) is 12.6. The van der Waals surface area contributed by atoms with Crippen LogP contribution in [-0.4, -0.2) is 30.1 Å². The molecule has 0 bridgehead atoms. The van der Waals surface area contributed by atoms with E-state index >= 15 is 0 Å². The molecule has 0 radical (unpaired) electrons. The molecule has 1 aliphatic heterocycles. The fourth-order valence-electron chi connectivity index (χ4n) is 1.43. The zero-order valence-corrected chi connectivity index (χ0v) is 7.19. The first-order valence-corrected chi connectivity index (χ1v) is 4.20. The summed E-state index contributed by atoms with van der Waals surface area (Å²) in [4.78, 5) is 0. The lowest BCUT2D eigenvalue weighted by Crippen LogP contribution is -2.56. The standard InChI is InChI=1S/C7H15NOS/c1-6(10)2-7(5-9)3-8-4-7/h6,8-10H,2-5H2,1H3. The molecule has 1 fully saturated rings. The average Bonchev–Trinajstić information content (AvgIpc) is 1.78. The zero-order valence-electron chi connectivity index (χ0n) is 6.30. The van der Waals surface area contributed by atoms with Crippen molar-refractivity contribution in [1.29, 1.82) is 0 Å². The molecule has 0 aromatic carbocycles. The molecule has 2 nitrogen and oxygen atoms in total. The van der Waals surface area contributed by atoms with Crippen LogP contribution in [0.25, 0.3) is 0 Å². The summed E-state index contributed by atoms with van der Waals surface area (Å²) >= 11 is 4.29. The average molecular weight is 161 g/mol. The minimum atomic E-state index is 0.154. The van der Waals surface area contributed by atoms with Gasteiger partial charge in [-0.3, -0.25) is 0 Å². The number of aliphatic hydroxyl groups excluding tert-OH is 1. The van der Waals surface area contributed by atoms with E-state index in [2.05, 4.69) is 24.9 Å². The minimum Gasteiger partial charge on any atom is -0.396 e. The Morgan fingerprint density at radius 2 is 2.30 bits per heavy atom. The number of hydrogen-bond donors (Lipinski definition) is 3. The first-order chi connectivity index (χ1) is 4.68. The highest BCUT2D eigenvalue weighted by Crippen LogP contribution is 2.29. The van der Waals surface area contributed by atoms with E-state index in [1.807, 2.05) is 0 Å². The summed E-state index contributed by atoms with van der Waals surface area (Å²) in [6.45, 7) is 4.27. The molecule has 0 saturated carbocycles. The van der Waals surface area contributed by atoms with Crippen molar-refractivity contribution < 1.29 is 5.11 Å². The van der Waals surface area contributed by atoms with Gasteiger partial charge < -0.3 is 10.4 Å². The van der Waals surface area contributed by atoms with E-state index in [-0.39, 0.29) is 5.41 Å². The third-order valence-electron chi connectivity index (χ3n) is 2.06. The minimum absolute atomic E-state index is 0.154. The maximum atomic E-state index is 9.01. The Morgan fingerprint density at radius 3 is 2.40 bits per heavy atom. The van der Waals surface area contributed by atoms with E-state index < -0.39 is 0 Å². The van der Waals surface area contributed by atoms with Crippen molar-refractivity contribution in [1.82, 2.24) is 5.32 Å². The SMILES string of the molecule is CC(S)CC1(CO)CNC1. The van der Waals surface area contributed by atoms with Gasteiger partial charge in [-0.25, -0.2) is 0 Å². The Hall–Kier alpha value is 0.270. The van der Waals surface area contributed by atoms with E-state index in [1.165, 1.54) is 0 Å². The highest BCUT2D eigenvalue weighted by atomic mass is 32.1. The van der Waals surface area contributed by atoms with Gasteiger partial charge in [-0.15, -0.1) is 0 Å². The molecule has 60 valence electrons. The van der Waals surface area contributed by atoms with Gasteiger partial charge in [-0.2, -0.15) is 12.6 Å². The molecule has 0 aliphatic carbocycles. The molecule has 3 heteroatoms. The fraction of sp³-hybridized carbons (Fsp3) is 1.00. The Labute approximate surface area is 67.4 Å². The van der Waals surface area contributed by atoms with Gasteiger partial charge in [0, 0.05) is 18.5 Å². The molecule has 0 amide bonds. The van der Waals surface area contributed by atoms with Crippen LogP contribution in [0.1, 0.15) is 13.3 Å². The van der Waals surface area contributed by atoms with Crippen molar-refractivity contribution in [2.24, 2.45) is 5.41 Å². The van der Waals surface area contributed by atoms with Crippen molar-refractivity contribution in [2.45, 2.75) is 18.6 Å². The summed E-state index contributed by atoms with van der Waals surface area (Å²) in [6.07, 6.45) is 1.01. The Kier molecular flexibility index (Phi) is 2.61. The molecule has 0 aromatic rings. The predicted octanol–water partition coefficient (Wildman–Crippen LogP) is 0.277. The van der Waals surface area contributed by atoms with E-state index in [1.54, 1.807) is 0 Å². The molecule has 0 spiro atoms. The van der Waals surface area contributed by atoms with Gasteiger partial charge in [0.1, 0.15) is 0 Å². The van der Waals surface area contributed by atoms with Crippen molar-refractivity contribution in [3.63, 3.8) is 0 Å². The van der Waals surface area contributed by atoms with Crippen LogP contribution in [-0.2, 0) is 0 Å². The van der Waals surface area contributed by atoms with E-state index in [0.717, 1.165) is 19.5 Å². The molecule has 1 aliphatic rings. The number of nitrogens with one attached hydrogen (secondary N) is 1. The molecule has 1 heterocycles. The third-order valence-corrected chi connectivity index (χ3v) is 2.25. The lowest BCUT2D eigenvalue weighted by atomic mass is 9.78. The summed E-state index contributed by atoms with van der Waals surface area (Å²) in [5.41, 5.74) is 0.154. The number of aliphatic hydroxyl groups is 1. The second-order valence-corrected chi connectivity index (χ2v) is 4.20. The maximum absolute atomic E-state index is 9.01. The molecule has 1 saturated heterocycles. The maximum Gasteiger partial charge on any atom is 0.0512 e. The number of thiol groups is 1. The van der Waals surface area contributed by atoms with Gasteiger partial charge >= 0.3 is 0 Å². The van der Waals surface area contributed by atoms with Crippen molar-refractivity contribution in [2.75, 3.05) is 19.7 Å². The van der Waals surface area contributed by atoms with Gasteiger partial charge in [0.15, 0.2) is 0 Å². The zero-order chi connectivity index (χ0) is 7.61. The number of rotatable bonds is 3. The molecule has 10 heavy (non-hydrogen) atoms. The van der Waals surface area contributed by atoms with Crippen LogP contribution < -0.4 is 5.32 Å². The normalized spacial score (nSPS) is 25.5. The van der Waals surface area contributed by atoms with Crippen molar-refractivity contribution in [3.8, 4) is 0 Å². The van der Waals surface area contributed by atoms with Gasteiger partial charge in [-0.05, 0) is 11.7 Å². The number of hydrogen-bond acceptors (Lipinski definition) is 3. The summed E-state index contributed by atoms with van der Waals surface area (Å²) in [7, 11) is 0. The second kappa shape index (κ2) is 3.11. The first-order valence-electron chi connectivity index (χ1n) is 3.68. The van der Waals surface area contributed by atoms with E-state index in [4.69, 9.17) is 5.11 Å². The van der Waals surface area contributed by atoms with Crippen molar-refractivity contribution in [3.05, 3.63) is 0 Å². The highest BCUT2D eigenvalue weighted by molar-refractivity contribution is 7.80. The predicted molar refractivity (Wildman–Crippen MR) is 45.5 cm³/mol. The Bertz CT molecular complexity index is 107. The summed E-state index contributed by atoms with van der Waals surface area (Å²) in [6, 6.07) is 0. The van der Waals surface area contributed by atoms with Crippen LogP contribution in [0.15, 0.2) is 0 Å². The lowest BCUT2D eigenvalue weighted by Gasteiger charge is -2.42. The third kappa shape index (κ3) is 1.65. The van der Waals surface area contributed by atoms with Gasteiger partial charge in [0.25, 0.3) is 0 Å². The quantitative estimate of drug-likeness (QED) is 0.519. The fourth-order valence-corrected chi connectivity index (χ4v) is 1.81.